The Morgan fingerprint density at radius 2 is 1.85 bits per heavy atom. The molecule has 1 aromatic heterocycles. The number of carbonyl (C=O) groups excluding carboxylic acids is 1. The van der Waals surface area contributed by atoms with Crippen LogP contribution in [-0.2, 0) is 29.4 Å². The zero-order valence-corrected chi connectivity index (χ0v) is 24.6. The monoisotopic (exact) mass is 566 g/mol. The van der Waals surface area contributed by atoms with Crippen LogP contribution in [-0.4, -0.2) is 61.5 Å². The SMILES string of the molecule is CCn1cc2c3c(cc(C(=O)N[C@@H](Cc4ccccc4)[C@H](O)CNC4CCC(C)CC4)cc31)N(C)S(=O)(=O)CC2. The summed E-state index contributed by atoms with van der Waals surface area (Å²) < 4.78 is 29.2. The molecule has 3 N–H and O–H groups in total. The van der Waals surface area contributed by atoms with Crippen LogP contribution in [0.4, 0.5) is 5.69 Å². The molecular weight excluding hydrogens is 524 g/mol. The molecular formula is C31H42N4O4S. The Hall–Kier alpha value is -2.88. The highest BCUT2D eigenvalue weighted by Crippen LogP contribution is 2.37. The number of aliphatic hydroxyl groups is 1. The molecule has 2 aliphatic rings. The van der Waals surface area contributed by atoms with Gasteiger partial charge in [-0.3, -0.25) is 9.10 Å². The van der Waals surface area contributed by atoms with Crippen molar-refractivity contribution in [1.82, 2.24) is 15.2 Å². The molecule has 1 fully saturated rings. The fourth-order valence-electron chi connectivity index (χ4n) is 6.14. The minimum Gasteiger partial charge on any atom is -0.390 e. The van der Waals surface area contributed by atoms with Crippen molar-refractivity contribution in [2.24, 2.45) is 5.92 Å². The molecule has 8 nitrogen and oxygen atoms in total. The number of rotatable bonds is 9. The molecule has 2 heterocycles. The summed E-state index contributed by atoms with van der Waals surface area (Å²) in [5.41, 5.74) is 3.75. The summed E-state index contributed by atoms with van der Waals surface area (Å²) in [6, 6.07) is 13.2. The molecule has 1 amide bonds. The predicted octanol–water partition coefficient (Wildman–Crippen LogP) is 3.85. The highest BCUT2D eigenvalue weighted by Gasteiger charge is 2.30. The average molecular weight is 567 g/mol. The van der Waals surface area contributed by atoms with E-state index in [9.17, 15) is 18.3 Å². The third kappa shape index (κ3) is 6.06. The number of aliphatic hydroxyl groups excluding tert-OH is 1. The molecule has 1 aliphatic heterocycles. The van der Waals surface area contributed by atoms with Crippen LogP contribution in [0.1, 0.15) is 61.0 Å². The topological polar surface area (TPSA) is 104 Å². The summed E-state index contributed by atoms with van der Waals surface area (Å²) in [5.74, 6) is 0.449. The van der Waals surface area contributed by atoms with Gasteiger partial charge in [-0.25, -0.2) is 8.42 Å². The zero-order valence-electron chi connectivity index (χ0n) is 23.8. The van der Waals surface area contributed by atoms with Gasteiger partial charge in [0, 0.05) is 43.3 Å². The molecule has 0 spiro atoms. The van der Waals surface area contributed by atoms with Crippen LogP contribution in [0.2, 0.25) is 0 Å². The van der Waals surface area contributed by atoms with E-state index in [0.717, 1.165) is 40.8 Å². The Bertz CT molecular complexity index is 1440. The third-order valence-corrected chi connectivity index (χ3v) is 10.5. The van der Waals surface area contributed by atoms with Crippen molar-refractivity contribution in [1.29, 1.82) is 0 Å². The van der Waals surface area contributed by atoms with Gasteiger partial charge in [-0.1, -0.05) is 37.3 Å². The number of aryl methyl sites for hydroxylation is 2. The van der Waals surface area contributed by atoms with E-state index < -0.39 is 22.2 Å². The van der Waals surface area contributed by atoms with Crippen molar-refractivity contribution in [3.05, 3.63) is 65.4 Å². The van der Waals surface area contributed by atoms with Crippen LogP contribution in [0.25, 0.3) is 10.9 Å². The molecule has 9 heteroatoms. The van der Waals surface area contributed by atoms with E-state index >= 15 is 0 Å². The van der Waals surface area contributed by atoms with Crippen LogP contribution >= 0.6 is 0 Å². The molecule has 0 saturated heterocycles. The molecule has 216 valence electrons. The maximum Gasteiger partial charge on any atom is 0.251 e. The normalized spacial score (nSPS) is 22.1. The van der Waals surface area contributed by atoms with Crippen LogP contribution in [0.15, 0.2) is 48.7 Å². The van der Waals surface area contributed by atoms with E-state index in [4.69, 9.17) is 0 Å². The van der Waals surface area contributed by atoms with E-state index in [1.54, 1.807) is 13.1 Å². The summed E-state index contributed by atoms with van der Waals surface area (Å²) in [6.07, 6.45) is 6.71. The molecule has 1 aliphatic carbocycles. The minimum absolute atomic E-state index is 0.0286. The Labute approximate surface area is 237 Å². The first-order valence-corrected chi connectivity index (χ1v) is 16.2. The van der Waals surface area contributed by atoms with Crippen LogP contribution in [0.3, 0.4) is 0 Å². The number of nitrogens with one attached hydrogen (secondary N) is 2. The van der Waals surface area contributed by atoms with Gasteiger partial charge in [0.15, 0.2) is 0 Å². The van der Waals surface area contributed by atoms with Crippen LogP contribution in [0.5, 0.6) is 0 Å². The fourth-order valence-corrected chi connectivity index (χ4v) is 7.34. The molecule has 0 bridgehead atoms. The Kier molecular flexibility index (Phi) is 8.54. The highest BCUT2D eigenvalue weighted by molar-refractivity contribution is 7.92. The third-order valence-electron chi connectivity index (χ3n) is 8.74. The maximum absolute atomic E-state index is 13.8. The summed E-state index contributed by atoms with van der Waals surface area (Å²) in [7, 11) is -1.94. The second-order valence-electron chi connectivity index (χ2n) is 11.6. The van der Waals surface area contributed by atoms with E-state index in [2.05, 4.69) is 22.1 Å². The number of benzene rings is 2. The lowest BCUT2D eigenvalue weighted by molar-refractivity contribution is 0.0819. The van der Waals surface area contributed by atoms with Gasteiger partial charge in [0.25, 0.3) is 5.91 Å². The van der Waals surface area contributed by atoms with E-state index in [0.29, 0.717) is 43.2 Å². The summed E-state index contributed by atoms with van der Waals surface area (Å²) in [5, 5.41) is 18.8. The first kappa shape index (κ1) is 28.6. The van der Waals surface area contributed by atoms with Crippen molar-refractivity contribution >= 4 is 32.5 Å². The van der Waals surface area contributed by atoms with Crippen LogP contribution in [0, 0.1) is 5.92 Å². The highest BCUT2D eigenvalue weighted by atomic mass is 32.2. The number of sulfonamides is 1. The lowest BCUT2D eigenvalue weighted by atomic mass is 9.87. The predicted molar refractivity (Wildman–Crippen MR) is 160 cm³/mol. The van der Waals surface area contributed by atoms with Gasteiger partial charge >= 0.3 is 0 Å². The van der Waals surface area contributed by atoms with E-state index in [1.165, 1.54) is 17.1 Å². The number of hydrogen-bond donors (Lipinski definition) is 3. The second kappa shape index (κ2) is 11.9. The van der Waals surface area contributed by atoms with Crippen molar-refractivity contribution in [3.63, 3.8) is 0 Å². The van der Waals surface area contributed by atoms with Crippen molar-refractivity contribution in [3.8, 4) is 0 Å². The largest absolute Gasteiger partial charge is 0.390 e. The lowest BCUT2D eigenvalue weighted by Gasteiger charge is -2.30. The van der Waals surface area contributed by atoms with E-state index in [1.807, 2.05) is 49.5 Å². The fraction of sp³-hybridized carbons (Fsp3) is 0.516. The number of carbonyl (C=O) groups is 1. The maximum atomic E-state index is 13.8. The number of amides is 1. The Morgan fingerprint density at radius 1 is 1.12 bits per heavy atom. The quantitative estimate of drug-likeness (QED) is 0.365. The van der Waals surface area contributed by atoms with Crippen LogP contribution < -0.4 is 14.9 Å². The van der Waals surface area contributed by atoms with Gasteiger partial charge in [-0.2, -0.15) is 0 Å². The number of anilines is 1. The summed E-state index contributed by atoms with van der Waals surface area (Å²) in [4.78, 5) is 13.8. The molecule has 2 atom stereocenters. The Morgan fingerprint density at radius 3 is 2.55 bits per heavy atom. The molecule has 40 heavy (non-hydrogen) atoms. The molecule has 0 unspecified atom stereocenters. The van der Waals surface area contributed by atoms with Gasteiger partial charge in [-0.05, 0) is 74.6 Å². The smallest absolute Gasteiger partial charge is 0.251 e. The van der Waals surface area contributed by atoms with Crippen molar-refractivity contribution < 1.29 is 18.3 Å². The summed E-state index contributed by atoms with van der Waals surface area (Å²) >= 11 is 0. The number of aromatic nitrogens is 1. The first-order valence-electron chi connectivity index (χ1n) is 14.5. The Balaban J connectivity index is 1.42. The number of hydrogen-bond acceptors (Lipinski definition) is 5. The van der Waals surface area contributed by atoms with Gasteiger partial charge in [-0.15, -0.1) is 0 Å². The van der Waals surface area contributed by atoms with Gasteiger partial charge in [0.2, 0.25) is 10.0 Å². The number of nitrogens with zero attached hydrogens (tertiary/aromatic N) is 2. The molecule has 3 aromatic rings. The molecule has 1 saturated carbocycles. The standard InChI is InChI=1S/C31H42N4O4S/c1-4-35-20-23-14-15-40(38,39)34(3)27-17-24(18-28(35)30(23)27)31(37)33-26(16-22-8-6-5-7-9-22)29(36)19-32-25-12-10-21(2)11-13-25/h5-9,17-18,20-21,25-26,29,32,36H,4,10-16,19H2,1-3H3,(H,33,37)/t21?,25?,26-,29+/m0/s1. The van der Waals surface area contributed by atoms with Gasteiger partial charge in [0.1, 0.15) is 0 Å². The van der Waals surface area contributed by atoms with Gasteiger partial charge < -0.3 is 20.3 Å². The zero-order chi connectivity index (χ0) is 28.4. The van der Waals surface area contributed by atoms with Crippen molar-refractivity contribution in [2.75, 3.05) is 23.7 Å². The lowest BCUT2D eigenvalue weighted by Crippen LogP contribution is -2.50. The van der Waals surface area contributed by atoms with E-state index in [-0.39, 0.29) is 11.7 Å². The van der Waals surface area contributed by atoms with Gasteiger partial charge in [0.05, 0.1) is 29.1 Å². The molecule has 2 aromatic carbocycles. The van der Waals surface area contributed by atoms with Crippen molar-refractivity contribution in [2.45, 2.75) is 77.1 Å². The molecule has 0 radical (unpaired) electrons. The summed E-state index contributed by atoms with van der Waals surface area (Å²) in [6.45, 7) is 5.42. The minimum atomic E-state index is -3.50. The second-order valence-corrected chi connectivity index (χ2v) is 13.7. The average Bonchev–Trinajstić information content (AvgIpc) is 3.28. The first-order chi connectivity index (χ1) is 19.2. The molecule has 5 rings (SSSR count).